The maximum atomic E-state index is 11.7. The first kappa shape index (κ1) is 25.5. The normalized spacial score (nSPS) is 12.3. The van der Waals surface area contributed by atoms with Gasteiger partial charge in [0.05, 0.1) is 17.4 Å². The highest BCUT2D eigenvalue weighted by Gasteiger charge is 2.24. The summed E-state index contributed by atoms with van der Waals surface area (Å²) in [5.41, 5.74) is -1.35. The minimum atomic E-state index is -1.73. The van der Waals surface area contributed by atoms with Crippen LogP contribution in [0.15, 0.2) is 11.9 Å². The van der Waals surface area contributed by atoms with E-state index in [9.17, 15) is 19.6 Å². The van der Waals surface area contributed by atoms with E-state index in [-0.39, 0.29) is 20.1 Å². The summed E-state index contributed by atoms with van der Waals surface area (Å²) in [6.07, 6.45) is 1.45. The molecule has 0 aromatic carbocycles. The topological polar surface area (TPSA) is 112 Å². The van der Waals surface area contributed by atoms with Gasteiger partial charge in [0.1, 0.15) is 0 Å². The van der Waals surface area contributed by atoms with Crippen LogP contribution in [-0.4, -0.2) is 48.2 Å². The molecule has 27 heavy (non-hydrogen) atoms. The number of carbonyl (C=O) groups excluding carboxylic acids is 3. The Balaban J connectivity index is 4.65. The van der Waals surface area contributed by atoms with Crippen molar-refractivity contribution < 1.29 is 38.1 Å². The number of rotatable bonds is 9. The van der Waals surface area contributed by atoms with Gasteiger partial charge >= 0.3 is 11.9 Å². The number of nitrogens with zero attached hydrogens (tertiary/aromatic N) is 1. The Morgan fingerprint density at radius 2 is 1.33 bits per heavy atom. The lowest BCUT2D eigenvalue weighted by molar-refractivity contribution is -0.161. The standard InChI is InChI=1S/C17H30NO8P/c1-13(19)18(22)9-8-10-27(25-11-23-14(20)16(2,3)4)26-12-24-15(21)17(5,6)7/h8,10,22H,9,11-12H2,1-7H3/b10-8+. The van der Waals surface area contributed by atoms with Crippen molar-refractivity contribution in [2.24, 2.45) is 10.8 Å². The fourth-order valence-electron chi connectivity index (χ4n) is 1.18. The number of esters is 2. The van der Waals surface area contributed by atoms with Crippen LogP contribution in [0.25, 0.3) is 0 Å². The molecule has 10 heteroatoms. The quantitative estimate of drug-likeness (QED) is 0.204. The molecule has 0 aliphatic carbocycles. The minimum Gasteiger partial charge on any atom is -0.438 e. The first-order chi connectivity index (χ1) is 12.2. The predicted octanol–water partition coefficient (Wildman–Crippen LogP) is 3.18. The molecule has 0 saturated heterocycles. The number of carbonyl (C=O) groups is 3. The second-order valence-electron chi connectivity index (χ2n) is 7.63. The molecule has 0 bridgehead atoms. The van der Waals surface area contributed by atoms with Gasteiger partial charge in [-0.2, -0.15) is 0 Å². The lowest BCUT2D eigenvalue weighted by Gasteiger charge is -2.20. The van der Waals surface area contributed by atoms with E-state index in [1.54, 1.807) is 41.5 Å². The maximum Gasteiger partial charge on any atom is 0.313 e. The average Bonchev–Trinajstić information content (AvgIpc) is 2.51. The molecule has 0 radical (unpaired) electrons. The van der Waals surface area contributed by atoms with Crippen molar-refractivity contribution in [2.75, 3.05) is 20.1 Å². The zero-order chi connectivity index (χ0) is 21.3. The van der Waals surface area contributed by atoms with Gasteiger partial charge in [0.2, 0.25) is 14.3 Å². The van der Waals surface area contributed by atoms with Crippen molar-refractivity contribution in [3.63, 3.8) is 0 Å². The maximum absolute atomic E-state index is 11.7. The Bertz CT molecular complexity index is 504. The second kappa shape index (κ2) is 11.3. The van der Waals surface area contributed by atoms with Crippen molar-refractivity contribution in [3.8, 4) is 0 Å². The van der Waals surface area contributed by atoms with Gasteiger partial charge in [0.25, 0.3) is 0 Å². The lowest BCUT2D eigenvalue weighted by atomic mass is 9.98. The third-order valence-corrected chi connectivity index (χ3v) is 4.01. The highest BCUT2D eigenvalue weighted by atomic mass is 31.2. The van der Waals surface area contributed by atoms with Crippen LogP contribution in [0.3, 0.4) is 0 Å². The molecule has 0 saturated carbocycles. The Hall–Kier alpha value is -1.54. The first-order valence-corrected chi connectivity index (χ1v) is 9.53. The summed E-state index contributed by atoms with van der Waals surface area (Å²) in [6.45, 7) is 10.7. The van der Waals surface area contributed by atoms with E-state index < -0.39 is 37.1 Å². The summed E-state index contributed by atoms with van der Waals surface area (Å²) < 4.78 is 20.7. The van der Waals surface area contributed by atoms with Crippen molar-refractivity contribution in [2.45, 2.75) is 48.5 Å². The molecule has 0 aliphatic heterocycles. The molecule has 1 N–H and O–H groups in total. The van der Waals surface area contributed by atoms with Crippen LogP contribution in [0.2, 0.25) is 0 Å². The summed E-state index contributed by atoms with van der Waals surface area (Å²) >= 11 is 0. The predicted molar refractivity (Wildman–Crippen MR) is 98.2 cm³/mol. The van der Waals surface area contributed by atoms with Crippen LogP contribution >= 0.6 is 8.38 Å². The molecule has 0 heterocycles. The fraction of sp³-hybridized carbons (Fsp3) is 0.706. The summed E-state index contributed by atoms with van der Waals surface area (Å²) in [7, 11) is -1.73. The van der Waals surface area contributed by atoms with Gasteiger partial charge in [-0.05, 0) is 47.4 Å². The van der Waals surface area contributed by atoms with E-state index in [2.05, 4.69) is 0 Å². The van der Waals surface area contributed by atoms with E-state index in [4.69, 9.17) is 18.5 Å². The monoisotopic (exact) mass is 407 g/mol. The smallest absolute Gasteiger partial charge is 0.313 e. The Kier molecular flexibility index (Phi) is 10.7. The van der Waals surface area contributed by atoms with Crippen molar-refractivity contribution >= 4 is 26.2 Å². The van der Waals surface area contributed by atoms with Gasteiger partial charge < -0.3 is 9.47 Å². The number of hydroxylamine groups is 2. The number of hydrogen-bond donors (Lipinski definition) is 1. The van der Waals surface area contributed by atoms with E-state index in [1.807, 2.05) is 0 Å². The molecule has 0 unspecified atom stereocenters. The van der Waals surface area contributed by atoms with Gasteiger partial charge in [-0.15, -0.1) is 0 Å². The molecule has 0 spiro atoms. The summed E-state index contributed by atoms with van der Waals surface area (Å²) in [5, 5.41) is 9.84. The first-order valence-electron chi connectivity index (χ1n) is 8.28. The number of ether oxygens (including phenoxy) is 2. The zero-order valence-corrected chi connectivity index (χ0v) is 17.9. The minimum absolute atomic E-state index is 0.0789. The van der Waals surface area contributed by atoms with E-state index in [0.717, 1.165) is 0 Å². The second-order valence-corrected chi connectivity index (χ2v) is 9.01. The molecule has 1 amide bonds. The molecule has 156 valence electrons. The summed E-state index contributed by atoms with van der Waals surface area (Å²) in [4.78, 5) is 34.4. The summed E-state index contributed by atoms with van der Waals surface area (Å²) in [5.74, 6) is 0.0404. The molecule has 0 aliphatic rings. The van der Waals surface area contributed by atoms with Gasteiger partial charge in [-0.1, -0.05) is 6.08 Å². The number of amides is 1. The van der Waals surface area contributed by atoms with Crippen LogP contribution in [0, 0.1) is 10.8 Å². The molecule has 0 atom stereocenters. The molecular weight excluding hydrogens is 377 g/mol. The third kappa shape index (κ3) is 11.7. The van der Waals surface area contributed by atoms with Crippen LogP contribution < -0.4 is 0 Å². The molecule has 0 aromatic rings. The van der Waals surface area contributed by atoms with Crippen LogP contribution in [0.4, 0.5) is 0 Å². The van der Waals surface area contributed by atoms with Gasteiger partial charge in [0, 0.05) is 6.92 Å². The van der Waals surface area contributed by atoms with Gasteiger partial charge in [0.15, 0.2) is 13.6 Å². The molecular formula is C17H30NO8P. The van der Waals surface area contributed by atoms with Crippen LogP contribution in [-0.2, 0) is 32.9 Å². The van der Waals surface area contributed by atoms with E-state index in [1.165, 1.54) is 18.8 Å². The third-order valence-electron chi connectivity index (χ3n) is 2.83. The average molecular weight is 407 g/mol. The van der Waals surface area contributed by atoms with Crippen molar-refractivity contribution in [3.05, 3.63) is 11.9 Å². The highest BCUT2D eigenvalue weighted by Crippen LogP contribution is 2.40. The Morgan fingerprint density at radius 1 is 0.926 bits per heavy atom. The fourth-order valence-corrected chi connectivity index (χ4v) is 2.01. The Labute approximate surface area is 161 Å². The van der Waals surface area contributed by atoms with Crippen molar-refractivity contribution in [1.82, 2.24) is 5.06 Å². The van der Waals surface area contributed by atoms with E-state index >= 15 is 0 Å². The SMILES string of the molecule is CC(=O)N(O)C/C=C/P(OCOC(=O)C(C)(C)C)OCOC(=O)C(C)(C)C. The number of hydrogen-bond acceptors (Lipinski definition) is 8. The van der Waals surface area contributed by atoms with Gasteiger partial charge in [-0.25, -0.2) is 5.06 Å². The largest absolute Gasteiger partial charge is 0.438 e. The molecule has 0 aromatic heterocycles. The van der Waals surface area contributed by atoms with E-state index in [0.29, 0.717) is 5.06 Å². The molecule has 0 fully saturated rings. The Morgan fingerprint density at radius 3 is 1.67 bits per heavy atom. The van der Waals surface area contributed by atoms with Crippen LogP contribution in [0.1, 0.15) is 48.5 Å². The highest BCUT2D eigenvalue weighted by molar-refractivity contribution is 7.50. The molecule has 0 rings (SSSR count). The zero-order valence-electron chi connectivity index (χ0n) is 17.0. The van der Waals surface area contributed by atoms with Crippen molar-refractivity contribution in [1.29, 1.82) is 0 Å². The van der Waals surface area contributed by atoms with Crippen LogP contribution in [0.5, 0.6) is 0 Å². The van der Waals surface area contributed by atoms with Gasteiger partial charge in [-0.3, -0.25) is 28.6 Å². The lowest BCUT2D eigenvalue weighted by Crippen LogP contribution is -2.24. The summed E-state index contributed by atoms with van der Waals surface area (Å²) in [6, 6.07) is 0. The molecule has 9 nitrogen and oxygen atoms in total.